The van der Waals surface area contributed by atoms with Crippen LogP contribution in [0.5, 0.6) is 0 Å². The van der Waals surface area contributed by atoms with Gasteiger partial charge in [0.2, 0.25) is 5.91 Å². The lowest BCUT2D eigenvalue weighted by atomic mass is 10.2. The van der Waals surface area contributed by atoms with Crippen LogP contribution < -0.4 is 0 Å². The van der Waals surface area contributed by atoms with Crippen LogP contribution in [0.3, 0.4) is 0 Å². The van der Waals surface area contributed by atoms with Gasteiger partial charge in [-0.3, -0.25) is 4.79 Å². The number of nitrogens with zero attached hydrogens (tertiary/aromatic N) is 4. The zero-order valence-electron chi connectivity index (χ0n) is 14.2. The number of hydrogen-bond acceptors (Lipinski definition) is 7. The predicted molar refractivity (Wildman–Crippen MR) is 98.5 cm³/mol. The third-order valence-electron chi connectivity index (χ3n) is 3.51. The third-order valence-corrected chi connectivity index (χ3v) is 5.38. The molecule has 0 unspecified atom stereocenters. The van der Waals surface area contributed by atoms with Gasteiger partial charge in [0.05, 0.1) is 16.5 Å². The summed E-state index contributed by atoms with van der Waals surface area (Å²) in [5.74, 6) is 0.722. The Kier molecular flexibility index (Phi) is 5.50. The quantitative estimate of drug-likeness (QED) is 0.614. The van der Waals surface area contributed by atoms with Gasteiger partial charge in [0.25, 0.3) is 11.1 Å². The van der Waals surface area contributed by atoms with E-state index in [0.29, 0.717) is 17.7 Å². The lowest BCUT2D eigenvalue weighted by Crippen LogP contribution is -2.27. The van der Waals surface area contributed by atoms with Crippen LogP contribution >= 0.6 is 23.1 Å². The minimum atomic E-state index is 0.0124. The molecule has 25 heavy (non-hydrogen) atoms. The molecule has 0 radical (unpaired) electrons. The Bertz CT molecular complexity index is 861. The summed E-state index contributed by atoms with van der Waals surface area (Å²) in [6.07, 6.45) is 0. The molecule has 0 N–H and O–H groups in total. The van der Waals surface area contributed by atoms with Crippen LogP contribution in [-0.4, -0.2) is 38.8 Å². The molecule has 0 aliphatic rings. The highest BCUT2D eigenvalue weighted by atomic mass is 32.2. The van der Waals surface area contributed by atoms with E-state index in [1.54, 1.807) is 11.9 Å². The van der Waals surface area contributed by atoms with Crippen molar-refractivity contribution in [2.24, 2.45) is 0 Å². The van der Waals surface area contributed by atoms with E-state index in [4.69, 9.17) is 4.42 Å². The average molecular weight is 374 g/mol. The number of thiazole rings is 1. The Morgan fingerprint density at radius 1 is 1.24 bits per heavy atom. The second kappa shape index (κ2) is 7.79. The van der Waals surface area contributed by atoms with Gasteiger partial charge in [-0.2, -0.15) is 0 Å². The third kappa shape index (κ3) is 4.46. The number of carbonyl (C=O) groups excluding carboxylic acids is 1. The van der Waals surface area contributed by atoms with Gasteiger partial charge in [0.15, 0.2) is 0 Å². The van der Waals surface area contributed by atoms with E-state index in [2.05, 4.69) is 15.2 Å². The van der Waals surface area contributed by atoms with Gasteiger partial charge in [0.1, 0.15) is 4.88 Å². The Balaban J connectivity index is 1.56. The van der Waals surface area contributed by atoms with Gasteiger partial charge in [-0.15, -0.1) is 21.5 Å². The van der Waals surface area contributed by atoms with Crippen molar-refractivity contribution in [1.29, 1.82) is 0 Å². The van der Waals surface area contributed by atoms with E-state index in [1.807, 2.05) is 44.2 Å². The number of aromatic nitrogens is 3. The fourth-order valence-electron chi connectivity index (χ4n) is 2.27. The number of amides is 1. The Hall–Kier alpha value is -2.19. The van der Waals surface area contributed by atoms with Gasteiger partial charge in [0, 0.05) is 13.6 Å². The summed E-state index contributed by atoms with van der Waals surface area (Å²) in [6.45, 7) is 4.43. The Morgan fingerprint density at radius 2 is 2.00 bits per heavy atom. The topological polar surface area (TPSA) is 72.1 Å². The molecule has 0 saturated heterocycles. The Morgan fingerprint density at radius 3 is 2.68 bits per heavy atom. The van der Waals surface area contributed by atoms with E-state index in [-0.39, 0.29) is 11.7 Å². The summed E-state index contributed by atoms with van der Waals surface area (Å²) < 4.78 is 5.65. The maximum Gasteiger partial charge on any atom is 0.277 e. The number of benzene rings is 1. The van der Waals surface area contributed by atoms with Gasteiger partial charge in [-0.25, -0.2) is 4.98 Å². The first-order valence-electron chi connectivity index (χ1n) is 7.71. The normalized spacial score (nSPS) is 10.8. The van der Waals surface area contributed by atoms with Gasteiger partial charge >= 0.3 is 0 Å². The summed E-state index contributed by atoms with van der Waals surface area (Å²) in [6, 6.07) is 9.89. The van der Waals surface area contributed by atoms with Gasteiger partial charge in [-0.05, 0) is 19.4 Å². The summed E-state index contributed by atoms with van der Waals surface area (Å²) in [4.78, 5) is 19.2. The zero-order chi connectivity index (χ0) is 17.8. The molecule has 3 rings (SSSR count). The van der Waals surface area contributed by atoms with E-state index >= 15 is 0 Å². The van der Waals surface area contributed by atoms with E-state index in [9.17, 15) is 4.79 Å². The second-order valence-electron chi connectivity index (χ2n) is 5.54. The number of aryl methyl sites for hydroxylation is 2. The van der Waals surface area contributed by atoms with Crippen molar-refractivity contribution in [2.75, 3.05) is 12.8 Å². The number of rotatable bonds is 6. The maximum absolute atomic E-state index is 12.3. The van der Waals surface area contributed by atoms with Crippen LogP contribution in [0.1, 0.15) is 16.3 Å². The summed E-state index contributed by atoms with van der Waals surface area (Å²) >= 11 is 2.77. The highest BCUT2D eigenvalue weighted by Crippen LogP contribution is 2.30. The van der Waals surface area contributed by atoms with Crippen molar-refractivity contribution in [3.8, 4) is 10.8 Å². The standard InChI is InChI=1S/C17H18N4O2S2/c1-11-15(25-12(2)18-11)16-19-20-17(23-16)24-10-14(22)21(3)9-13-7-5-4-6-8-13/h4-8H,9-10H2,1-3H3. The zero-order valence-corrected chi connectivity index (χ0v) is 15.9. The SMILES string of the molecule is Cc1nc(C)c(-c2nnc(SCC(=O)N(C)Cc3ccccc3)o2)s1. The first-order chi connectivity index (χ1) is 12.0. The van der Waals surface area contributed by atoms with Crippen molar-refractivity contribution in [3.63, 3.8) is 0 Å². The molecule has 0 aliphatic heterocycles. The lowest BCUT2D eigenvalue weighted by molar-refractivity contribution is -0.127. The molecule has 0 fully saturated rings. The van der Waals surface area contributed by atoms with Crippen molar-refractivity contribution >= 4 is 29.0 Å². The monoisotopic (exact) mass is 374 g/mol. The largest absolute Gasteiger partial charge is 0.410 e. The molecule has 2 aromatic heterocycles. The van der Waals surface area contributed by atoms with Crippen molar-refractivity contribution in [2.45, 2.75) is 25.6 Å². The van der Waals surface area contributed by atoms with E-state index < -0.39 is 0 Å². The molecule has 2 heterocycles. The fraction of sp³-hybridized carbons (Fsp3) is 0.294. The number of thioether (sulfide) groups is 1. The summed E-state index contributed by atoms with van der Waals surface area (Å²) in [5.41, 5.74) is 1.97. The van der Waals surface area contributed by atoms with Gasteiger partial charge in [-0.1, -0.05) is 42.1 Å². The molecule has 0 saturated carbocycles. The molecule has 0 spiro atoms. The molecule has 1 amide bonds. The Labute approximate surface area is 154 Å². The van der Waals surface area contributed by atoms with E-state index in [0.717, 1.165) is 21.1 Å². The molecular formula is C17H18N4O2S2. The van der Waals surface area contributed by atoms with Gasteiger partial charge < -0.3 is 9.32 Å². The molecule has 0 atom stereocenters. The highest BCUT2D eigenvalue weighted by molar-refractivity contribution is 7.99. The van der Waals surface area contributed by atoms with Crippen molar-refractivity contribution in [3.05, 3.63) is 46.6 Å². The number of hydrogen-bond donors (Lipinski definition) is 0. The smallest absolute Gasteiger partial charge is 0.277 e. The molecular weight excluding hydrogens is 356 g/mol. The number of carbonyl (C=O) groups is 1. The van der Waals surface area contributed by atoms with Crippen LogP contribution in [0.2, 0.25) is 0 Å². The summed E-state index contributed by atoms with van der Waals surface area (Å²) in [5, 5.41) is 9.42. The minimum Gasteiger partial charge on any atom is -0.410 e. The van der Waals surface area contributed by atoms with Crippen LogP contribution in [0, 0.1) is 13.8 Å². The highest BCUT2D eigenvalue weighted by Gasteiger charge is 2.17. The lowest BCUT2D eigenvalue weighted by Gasteiger charge is -2.16. The van der Waals surface area contributed by atoms with Crippen LogP contribution in [0.15, 0.2) is 40.0 Å². The van der Waals surface area contributed by atoms with Crippen LogP contribution in [0.25, 0.3) is 10.8 Å². The predicted octanol–water partition coefficient (Wildman–Crippen LogP) is 3.56. The van der Waals surface area contributed by atoms with Crippen LogP contribution in [0.4, 0.5) is 0 Å². The molecule has 0 aliphatic carbocycles. The van der Waals surface area contributed by atoms with Crippen molar-refractivity contribution in [1.82, 2.24) is 20.1 Å². The van der Waals surface area contributed by atoms with Crippen molar-refractivity contribution < 1.29 is 9.21 Å². The molecule has 6 nitrogen and oxygen atoms in total. The maximum atomic E-state index is 12.3. The average Bonchev–Trinajstić information content (AvgIpc) is 3.19. The molecule has 130 valence electrons. The minimum absolute atomic E-state index is 0.0124. The summed E-state index contributed by atoms with van der Waals surface area (Å²) in [7, 11) is 1.79. The first-order valence-corrected chi connectivity index (χ1v) is 9.51. The molecule has 0 bridgehead atoms. The fourth-order valence-corrected chi connectivity index (χ4v) is 3.81. The molecule has 8 heteroatoms. The second-order valence-corrected chi connectivity index (χ2v) is 7.67. The van der Waals surface area contributed by atoms with E-state index in [1.165, 1.54) is 23.1 Å². The van der Waals surface area contributed by atoms with Crippen LogP contribution in [-0.2, 0) is 11.3 Å². The first kappa shape index (κ1) is 17.6. The molecule has 3 aromatic rings. The molecule has 1 aromatic carbocycles.